The van der Waals surface area contributed by atoms with Crippen LogP contribution in [0.5, 0.6) is 0 Å². The van der Waals surface area contributed by atoms with Gasteiger partial charge in [0.15, 0.2) is 5.69 Å². The van der Waals surface area contributed by atoms with E-state index in [1.807, 2.05) is 24.3 Å². The van der Waals surface area contributed by atoms with E-state index < -0.39 is 24.5 Å². The van der Waals surface area contributed by atoms with E-state index in [-0.39, 0.29) is 37.9 Å². The number of likely N-dealkylation sites (N-methyl/N-ethyl adjacent to an activating group) is 1. The van der Waals surface area contributed by atoms with Gasteiger partial charge in [-0.3, -0.25) is 9.59 Å². The number of benzene rings is 2. The van der Waals surface area contributed by atoms with Crippen LogP contribution >= 0.6 is 0 Å². The normalized spacial score (nSPS) is 12.0. The largest absolute Gasteiger partial charge is 0.480 e. The molecular weight excluding hydrogens is 438 g/mol. The van der Waals surface area contributed by atoms with Crippen LogP contribution in [0.1, 0.15) is 34.5 Å². The molecule has 1 aliphatic rings. The predicted molar refractivity (Wildman–Crippen MR) is 122 cm³/mol. The van der Waals surface area contributed by atoms with Crippen molar-refractivity contribution in [2.45, 2.75) is 19.4 Å². The van der Waals surface area contributed by atoms with Crippen LogP contribution in [0.3, 0.4) is 0 Å². The molecule has 0 saturated heterocycles. The molecule has 0 atom stereocenters. The molecule has 3 aromatic rings. The van der Waals surface area contributed by atoms with Crippen molar-refractivity contribution >= 4 is 18.0 Å². The molecule has 1 aliphatic carbocycles. The fraction of sp³-hybridized carbons (Fsp3) is 0.292. The third kappa shape index (κ3) is 4.90. The molecule has 10 nitrogen and oxygen atoms in total. The molecule has 1 heterocycles. The summed E-state index contributed by atoms with van der Waals surface area (Å²) in [7, 11) is 0. The standard InChI is InChI=1S/C24H25N5O5/c1-2-28(14-22(30)31)23(32)21-13-29(27-26-21)12-11-25-24(33)34-15-20-18-9-5-3-7-16(18)17-8-4-6-10-19(17)20/h3-10,13,20H,2,11-12,14-15H2,1H3,(H,25,33)(H,30,31). The van der Waals surface area contributed by atoms with Crippen molar-refractivity contribution in [2.75, 3.05) is 26.2 Å². The van der Waals surface area contributed by atoms with Gasteiger partial charge in [0, 0.05) is 19.0 Å². The molecule has 1 aromatic heterocycles. The van der Waals surface area contributed by atoms with Gasteiger partial charge in [0.1, 0.15) is 13.2 Å². The maximum Gasteiger partial charge on any atom is 0.407 e. The summed E-state index contributed by atoms with van der Waals surface area (Å²) < 4.78 is 6.90. The van der Waals surface area contributed by atoms with Gasteiger partial charge in [-0.05, 0) is 29.2 Å². The minimum atomic E-state index is -1.10. The Balaban J connectivity index is 1.27. The first-order valence-corrected chi connectivity index (χ1v) is 11.0. The number of carboxylic acids is 1. The lowest BCUT2D eigenvalue weighted by Gasteiger charge is -2.16. The van der Waals surface area contributed by atoms with E-state index in [9.17, 15) is 14.4 Å². The smallest absolute Gasteiger partial charge is 0.407 e. The Hall–Kier alpha value is -4.21. The summed E-state index contributed by atoms with van der Waals surface area (Å²) in [5.41, 5.74) is 4.65. The first-order valence-electron chi connectivity index (χ1n) is 11.0. The number of carbonyl (C=O) groups excluding carboxylic acids is 2. The number of ether oxygens (including phenoxy) is 1. The second kappa shape index (κ2) is 10.2. The summed E-state index contributed by atoms with van der Waals surface area (Å²) in [5.74, 6) is -1.63. The van der Waals surface area contributed by atoms with E-state index in [2.05, 4.69) is 39.9 Å². The molecule has 176 valence electrons. The van der Waals surface area contributed by atoms with Gasteiger partial charge in [0.2, 0.25) is 0 Å². The van der Waals surface area contributed by atoms with Gasteiger partial charge in [-0.15, -0.1) is 5.10 Å². The summed E-state index contributed by atoms with van der Waals surface area (Å²) in [6.45, 7) is 2.23. The molecule has 0 radical (unpaired) electrons. The highest BCUT2D eigenvalue weighted by molar-refractivity contribution is 5.93. The fourth-order valence-electron chi connectivity index (χ4n) is 4.08. The lowest BCUT2D eigenvalue weighted by molar-refractivity contribution is -0.137. The zero-order valence-electron chi connectivity index (χ0n) is 18.7. The van der Waals surface area contributed by atoms with Crippen LogP contribution < -0.4 is 5.32 Å². The van der Waals surface area contributed by atoms with Gasteiger partial charge in [-0.1, -0.05) is 53.7 Å². The summed E-state index contributed by atoms with van der Waals surface area (Å²) in [4.78, 5) is 36.7. The third-order valence-electron chi connectivity index (χ3n) is 5.71. The number of hydrogen-bond acceptors (Lipinski definition) is 6. The molecule has 4 rings (SSSR count). The Labute approximate surface area is 196 Å². The minimum absolute atomic E-state index is 0.0191. The highest BCUT2D eigenvalue weighted by Gasteiger charge is 2.29. The van der Waals surface area contributed by atoms with Crippen molar-refractivity contribution in [1.29, 1.82) is 0 Å². The van der Waals surface area contributed by atoms with Gasteiger partial charge >= 0.3 is 12.1 Å². The van der Waals surface area contributed by atoms with Crippen LogP contribution in [0.2, 0.25) is 0 Å². The number of nitrogens with zero attached hydrogens (tertiary/aromatic N) is 4. The number of carboxylic acid groups (broad SMARTS) is 1. The number of carbonyl (C=O) groups is 3. The molecule has 2 amide bonds. The van der Waals surface area contributed by atoms with E-state index >= 15 is 0 Å². The van der Waals surface area contributed by atoms with E-state index in [1.54, 1.807) is 6.92 Å². The number of alkyl carbamates (subject to hydrolysis) is 1. The molecule has 0 bridgehead atoms. The molecule has 10 heteroatoms. The second-order valence-electron chi connectivity index (χ2n) is 7.83. The SMILES string of the molecule is CCN(CC(=O)O)C(=O)c1cn(CCNC(=O)OCC2c3ccccc3-c3ccccc32)nn1. The molecule has 2 aromatic carbocycles. The first kappa shape index (κ1) is 23.0. The number of fused-ring (bicyclic) bond motifs is 3. The van der Waals surface area contributed by atoms with Crippen molar-refractivity contribution in [3.63, 3.8) is 0 Å². The summed E-state index contributed by atoms with van der Waals surface area (Å²) >= 11 is 0. The molecule has 34 heavy (non-hydrogen) atoms. The van der Waals surface area contributed by atoms with Crippen LogP contribution in [0, 0.1) is 0 Å². The average molecular weight is 463 g/mol. The molecule has 0 unspecified atom stereocenters. The highest BCUT2D eigenvalue weighted by Crippen LogP contribution is 2.44. The van der Waals surface area contributed by atoms with Gasteiger partial charge in [0.25, 0.3) is 5.91 Å². The second-order valence-corrected chi connectivity index (χ2v) is 7.83. The first-order chi connectivity index (χ1) is 16.5. The van der Waals surface area contributed by atoms with Gasteiger partial charge in [0.05, 0.1) is 12.7 Å². The Morgan fingerprint density at radius 1 is 1.09 bits per heavy atom. The van der Waals surface area contributed by atoms with Crippen LogP contribution in [-0.2, 0) is 16.1 Å². The van der Waals surface area contributed by atoms with Crippen LogP contribution in [0.15, 0.2) is 54.7 Å². The van der Waals surface area contributed by atoms with Crippen molar-refractivity contribution in [2.24, 2.45) is 0 Å². The van der Waals surface area contributed by atoms with Gasteiger partial charge in [-0.2, -0.15) is 0 Å². The van der Waals surface area contributed by atoms with Gasteiger partial charge < -0.3 is 20.1 Å². The van der Waals surface area contributed by atoms with Crippen molar-refractivity contribution in [3.05, 3.63) is 71.5 Å². The predicted octanol–water partition coefficient (Wildman–Crippen LogP) is 2.36. The monoisotopic (exact) mass is 463 g/mol. The van der Waals surface area contributed by atoms with Crippen molar-refractivity contribution in [1.82, 2.24) is 25.2 Å². The Kier molecular flexibility index (Phi) is 6.86. The zero-order valence-corrected chi connectivity index (χ0v) is 18.7. The fourth-order valence-corrected chi connectivity index (χ4v) is 4.08. The minimum Gasteiger partial charge on any atom is -0.480 e. The summed E-state index contributed by atoms with van der Waals surface area (Å²) in [6.07, 6.45) is 0.878. The van der Waals surface area contributed by atoms with E-state index in [0.717, 1.165) is 27.2 Å². The van der Waals surface area contributed by atoms with E-state index in [0.29, 0.717) is 0 Å². The number of aliphatic carboxylic acids is 1. The number of amides is 2. The van der Waals surface area contributed by atoms with Crippen LogP contribution in [0.25, 0.3) is 11.1 Å². The van der Waals surface area contributed by atoms with Crippen molar-refractivity contribution < 1.29 is 24.2 Å². The summed E-state index contributed by atoms with van der Waals surface area (Å²) in [6, 6.07) is 16.2. The molecule has 0 aliphatic heterocycles. The van der Waals surface area contributed by atoms with Crippen LogP contribution in [-0.4, -0.2) is 69.2 Å². The molecule has 0 spiro atoms. The molecule has 2 N–H and O–H groups in total. The number of hydrogen-bond donors (Lipinski definition) is 2. The molecular formula is C24H25N5O5. The third-order valence-corrected chi connectivity index (χ3v) is 5.71. The lowest BCUT2D eigenvalue weighted by atomic mass is 9.98. The number of rotatable bonds is 9. The number of aromatic nitrogens is 3. The Morgan fingerprint density at radius 3 is 2.35 bits per heavy atom. The highest BCUT2D eigenvalue weighted by atomic mass is 16.5. The van der Waals surface area contributed by atoms with E-state index in [1.165, 1.54) is 10.9 Å². The topological polar surface area (TPSA) is 127 Å². The van der Waals surface area contributed by atoms with Crippen LogP contribution in [0.4, 0.5) is 4.79 Å². The Morgan fingerprint density at radius 2 is 1.74 bits per heavy atom. The van der Waals surface area contributed by atoms with Gasteiger partial charge in [-0.25, -0.2) is 9.48 Å². The maximum atomic E-state index is 12.4. The van der Waals surface area contributed by atoms with E-state index in [4.69, 9.17) is 9.84 Å². The van der Waals surface area contributed by atoms with Crippen molar-refractivity contribution in [3.8, 4) is 11.1 Å². The maximum absolute atomic E-state index is 12.4. The zero-order chi connectivity index (χ0) is 24.1. The quantitative estimate of drug-likeness (QED) is 0.499. The average Bonchev–Trinajstić information content (AvgIpc) is 3.43. The lowest BCUT2D eigenvalue weighted by Crippen LogP contribution is -2.35. The molecule has 0 saturated carbocycles. The number of nitrogens with one attached hydrogen (secondary N) is 1. The summed E-state index contributed by atoms with van der Waals surface area (Å²) in [5, 5.41) is 19.3. The Bertz CT molecular complexity index is 1160. The molecule has 0 fully saturated rings.